The molecule has 1 aromatic carbocycles. The maximum Gasteiger partial charge on any atom is 0.335 e. The zero-order chi connectivity index (χ0) is 11.8. The Labute approximate surface area is 95.5 Å². The molecule has 0 unspecified atom stereocenters. The minimum atomic E-state index is -0.871. The van der Waals surface area contributed by atoms with Crippen molar-refractivity contribution in [3.63, 3.8) is 0 Å². The summed E-state index contributed by atoms with van der Waals surface area (Å²) in [5.74, 6) is -0.871. The Hall–Kier alpha value is -1.51. The van der Waals surface area contributed by atoms with Crippen LogP contribution in [-0.4, -0.2) is 16.6 Å². The molecule has 3 heteroatoms. The Morgan fingerprint density at radius 3 is 2.56 bits per heavy atom. The Morgan fingerprint density at radius 2 is 2.12 bits per heavy atom. The predicted octanol–water partition coefficient (Wildman–Crippen LogP) is 3.05. The molecule has 2 rings (SSSR count). The molecule has 0 amide bonds. The molecule has 3 nitrogen and oxygen atoms in total. The smallest absolute Gasteiger partial charge is 0.335 e. The molecule has 0 aliphatic heterocycles. The molecular formula is C13H17NO2. The van der Waals surface area contributed by atoms with Crippen LogP contribution in [0, 0.1) is 6.92 Å². The first kappa shape index (κ1) is 11.0. The van der Waals surface area contributed by atoms with Crippen LogP contribution in [0.1, 0.15) is 42.1 Å². The monoisotopic (exact) mass is 219 g/mol. The fourth-order valence-corrected chi connectivity index (χ4v) is 2.09. The fraction of sp³-hybridized carbons (Fsp3) is 0.462. The topological polar surface area (TPSA) is 49.3 Å². The van der Waals surface area contributed by atoms with Crippen molar-refractivity contribution in [2.45, 2.75) is 38.6 Å². The number of hydrogen-bond acceptors (Lipinski definition) is 2. The molecule has 0 bridgehead atoms. The number of rotatable bonds is 3. The number of aromatic carboxylic acids is 1. The lowest BCUT2D eigenvalue weighted by Crippen LogP contribution is -2.41. The second-order valence-corrected chi connectivity index (χ2v) is 4.87. The van der Waals surface area contributed by atoms with Crippen LogP contribution < -0.4 is 5.32 Å². The van der Waals surface area contributed by atoms with Crippen molar-refractivity contribution in [2.75, 3.05) is 5.32 Å². The van der Waals surface area contributed by atoms with Crippen LogP contribution in [0.25, 0.3) is 0 Å². The van der Waals surface area contributed by atoms with Gasteiger partial charge in [0.1, 0.15) is 0 Å². The van der Waals surface area contributed by atoms with Crippen LogP contribution in [0.5, 0.6) is 0 Å². The third-order valence-corrected chi connectivity index (χ3v) is 3.37. The molecule has 0 aromatic heterocycles. The van der Waals surface area contributed by atoms with Gasteiger partial charge < -0.3 is 10.4 Å². The third-order valence-electron chi connectivity index (χ3n) is 3.37. The maximum absolute atomic E-state index is 10.8. The van der Waals surface area contributed by atoms with E-state index in [0.29, 0.717) is 5.56 Å². The number of carboxylic acids is 1. The fourth-order valence-electron chi connectivity index (χ4n) is 2.09. The summed E-state index contributed by atoms with van der Waals surface area (Å²) in [6.45, 7) is 4.15. The van der Waals surface area contributed by atoms with Gasteiger partial charge in [-0.05, 0) is 56.9 Å². The predicted molar refractivity (Wildman–Crippen MR) is 64.0 cm³/mol. The van der Waals surface area contributed by atoms with Gasteiger partial charge in [-0.25, -0.2) is 4.79 Å². The number of benzene rings is 1. The average molecular weight is 219 g/mol. The lowest BCUT2D eigenvalue weighted by molar-refractivity contribution is 0.0697. The zero-order valence-corrected chi connectivity index (χ0v) is 9.71. The second-order valence-electron chi connectivity index (χ2n) is 4.87. The lowest BCUT2D eigenvalue weighted by Gasteiger charge is -2.40. The third kappa shape index (κ3) is 2.03. The van der Waals surface area contributed by atoms with Crippen molar-refractivity contribution in [3.8, 4) is 0 Å². The Balaban J connectivity index is 2.19. The molecule has 1 aliphatic rings. The van der Waals surface area contributed by atoms with Crippen LogP contribution in [0.4, 0.5) is 5.69 Å². The number of hydrogen-bond donors (Lipinski definition) is 2. The van der Waals surface area contributed by atoms with E-state index in [1.807, 2.05) is 13.0 Å². The molecule has 0 radical (unpaired) electrons. The minimum Gasteiger partial charge on any atom is -0.478 e. The van der Waals surface area contributed by atoms with Crippen molar-refractivity contribution in [2.24, 2.45) is 0 Å². The summed E-state index contributed by atoms with van der Waals surface area (Å²) < 4.78 is 0. The van der Waals surface area contributed by atoms with Gasteiger partial charge in [-0.3, -0.25) is 0 Å². The van der Waals surface area contributed by atoms with Crippen molar-refractivity contribution >= 4 is 11.7 Å². The Bertz CT molecular complexity index is 422. The van der Waals surface area contributed by atoms with E-state index in [1.165, 1.54) is 19.3 Å². The van der Waals surface area contributed by atoms with Gasteiger partial charge in [0, 0.05) is 11.2 Å². The first-order chi connectivity index (χ1) is 7.50. The van der Waals surface area contributed by atoms with Crippen molar-refractivity contribution in [1.82, 2.24) is 0 Å². The number of aryl methyl sites for hydroxylation is 1. The van der Waals surface area contributed by atoms with Gasteiger partial charge in [0.25, 0.3) is 0 Å². The number of carbonyl (C=O) groups is 1. The summed E-state index contributed by atoms with van der Waals surface area (Å²) in [5, 5.41) is 12.4. The van der Waals surface area contributed by atoms with Crippen LogP contribution in [-0.2, 0) is 0 Å². The molecule has 1 saturated carbocycles. The molecule has 0 atom stereocenters. The Morgan fingerprint density at radius 1 is 1.44 bits per heavy atom. The van der Waals surface area contributed by atoms with E-state index in [0.717, 1.165) is 11.3 Å². The number of nitrogens with one attached hydrogen (secondary N) is 1. The largest absolute Gasteiger partial charge is 0.478 e. The molecule has 0 saturated heterocycles. The van der Waals surface area contributed by atoms with E-state index in [1.54, 1.807) is 12.1 Å². The summed E-state index contributed by atoms with van der Waals surface area (Å²) in [4.78, 5) is 10.8. The number of anilines is 1. The second kappa shape index (κ2) is 3.81. The molecule has 0 heterocycles. The van der Waals surface area contributed by atoms with Crippen molar-refractivity contribution < 1.29 is 9.90 Å². The molecule has 1 aliphatic carbocycles. The van der Waals surface area contributed by atoms with E-state index < -0.39 is 5.97 Å². The highest BCUT2D eigenvalue weighted by atomic mass is 16.4. The van der Waals surface area contributed by atoms with Crippen LogP contribution >= 0.6 is 0 Å². The normalized spacial score (nSPS) is 17.6. The summed E-state index contributed by atoms with van der Waals surface area (Å²) in [7, 11) is 0. The van der Waals surface area contributed by atoms with E-state index in [2.05, 4.69) is 12.2 Å². The molecule has 0 spiro atoms. The van der Waals surface area contributed by atoms with Crippen LogP contribution in [0.2, 0.25) is 0 Å². The lowest BCUT2D eigenvalue weighted by atomic mass is 9.78. The number of carboxylic acid groups (broad SMARTS) is 1. The first-order valence-corrected chi connectivity index (χ1v) is 5.62. The SMILES string of the molecule is Cc1cc(C(=O)O)ccc1NC1(C)CCC1. The van der Waals surface area contributed by atoms with Gasteiger partial charge in [0.15, 0.2) is 0 Å². The highest BCUT2D eigenvalue weighted by molar-refractivity contribution is 5.88. The first-order valence-electron chi connectivity index (χ1n) is 5.62. The minimum absolute atomic E-state index is 0.204. The molecule has 1 fully saturated rings. The van der Waals surface area contributed by atoms with E-state index >= 15 is 0 Å². The molecule has 16 heavy (non-hydrogen) atoms. The van der Waals surface area contributed by atoms with Gasteiger partial charge in [-0.2, -0.15) is 0 Å². The van der Waals surface area contributed by atoms with Gasteiger partial charge in [0.2, 0.25) is 0 Å². The molecule has 1 aromatic rings. The van der Waals surface area contributed by atoms with Crippen molar-refractivity contribution in [1.29, 1.82) is 0 Å². The van der Waals surface area contributed by atoms with Gasteiger partial charge >= 0.3 is 5.97 Å². The zero-order valence-electron chi connectivity index (χ0n) is 9.71. The maximum atomic E-state index is 10.8. The van der Waals surface area contributed by atoms with Crippen LogP contribution in [0.3, 0.4) is 0 Å². The van der Waals surface area contributed by atoms with Gasteiger partial charge in [-0.15, -0.1) is 0 Å². The Kier molecular flexibility index (Phi) is 2.62. The highest BCUT2D eigenvalue weighted by Gasteiger charge is 2.31. The molecule has 2 N–H and O–H groups in total. The van der Waals surface area contributed by atoms with Crippen LogP contribution in [0.15, 0.2) is 18.2 Å². The standard InChI is InChI=1S/C13H17NO2/c1-9-8-10(12(15)16)4-5-11(9)14-13(2)6-3-7-13/h4-5,8,14H,3,6-7H2,1-2H3,(H,15,16). The highest BCUT2D eigenvalue weighted by Crippen LogP contribution is 2.35. The van der Waals surface area contributed by atoms with E-state index in [4.69, 9.17) is 5.11 Å². The quantitative estimate of drug-likeness (QED) is 0.821. The molecular weight excluding hydrogens is 202 g/mol. The summed E-state index contributed by atoms with van der Waals surface area (Å²) in [6.07, 6.45) is 3.65. The van der Waals surface area contributed by atoms with Gasteiger partial charge in [-0.1, -0.05) is 0 Å². The van der Waals surface area contributed by atoms with Gasteiger partial charge in [0.05, 0.1) is 5.56 Å². The summed E-state index contributed by atoms with van der Waals surface area (Å²) >= 11 is 0. The summed E-state index contributed by atoms with van der Waals surface area (Å²) in [6, 6.07) is 5.23. The average Bonchev–Trinajstić information content (AvgIpc) is 2.18. The molecule has 86 valence electrons. The van der Waals surface area contributed by atoms with Crippen molar-refractivity contribution in [3.05, 3.63) is 29.3 Å². The van der Waals surface area contributed by atoms with E-state index in [-0.39, 0.29) is 5.54 Å². The van der Waals surface area contributed by atoms with E-state index in [9.17, 15) is 4.79 Å². The summed E-state index contributed by atoms with van der Waals surface area (Å²) in [5.41, 5.74) is 2.59.